The van der Waals surface area contributed by atoms with Crippen LogP contribution >= 0.6 is 11.3 Å². The van der Waals surface area contributed by atoms with Crippen molar-refractivity contribution in [1.29, 1.82) is 0 Å². The van der Waals surface area contributed by atoms with Gasteiger partial charge in [-0.3, -0.25) is 9.48 Å². The minimum Gasteiger partial charge on any atom is -0.486 e. The van der Waals surface area contributed by atoms with Crippen LogP contribution in [0.5, 0.6) is 11.5 Å². The molecule has 4 rings (SSSR count). The zero-order valence-corrected chi connectivity index (χ0v) is 16.2. The van der Waals surface area contributed by atoms with Crippen LogP contribution in [0.2, 0.25) is 0 Å². The monoisotopic (exact) mass is 384 g/mol. The summed E-state index contributed by atoms with van der Waals surface area (Å²) in [4.78, 5) is 16.9. The Labute approximate surface area is 161 Å². The average molecular weight is 384 g/mol. The molecule has 0 radical (unpaired) electrons. The zero-order valence-electron chi connectivity index (χ0n) is 15.4. The van der Waals surface area contributed by atoms with Gasteiger partial charge in [0.05, 0.1) is 17.8 Å². The van der Waals surface area contributed by atoms with Gasteiger partial charge in [-0.1, -0.05) is 0 Å². The second-order valence-electron chi connectivity index (χ2n) is 6.39. The maximum absolute atomic E-state index is 12.4. The summed E-state index contributed by atoms with van der Waals surface area (Å²) in [6, 6.07) is 5.74. The summed E-state index contributed by atoms with van der Waals surface area (Å²) in [5.41, 5.74) is 4.55. The minimum absolute atomic E-state index is 0.0997. The highest BCUT2D eigenvalue weighted by Gasteiger charge is 2.16. The Morgan fingerprint density at radius 2 is 2.04 bits per heavy atom. The van der Waals surface area contributed by atoms with E-state index < -0.39 is 0 Å². The van der Waals surface area contributed by atoms with E-state index in [0.717, 1.165) is 39.7 Å². The van der Waals surface area contributed by atoms with E-state index in [1.807, 2.05) is 44.5 Å². The molecule has 0 saturated carbocycles. The number of aryl methyl sites for hydroxylation is 2. The van der Waals surface area contributed by atoms with Gasteiger partial charge in [0, 0.05) is 29.2 Å². The molecule has 0 aliphatic carbocycles. The lowest BCUT2D eigenvalue weighted by molar-refractivity contribution is -0.115. The van der Waals surface area contributed by atoms with Crippen LogP contribution in [-0.4, -0.2) is 33.9 Å². The Hall–Kier alpha value is -2.87. The number of rotatable bonds is 4. The lowest BCUT2D eigenvalue weighted by atomic mass is 10.1. The Morgan fingerprint density at radius 1 is 1.26 bits per heavy atom. The second-order valence-corrected chi connectivity index (χ2v) is 7.25. The maximum Gasteiger partial charge on any atom is 0.230 e. The largest absolute Gasteiger partial charge is 0.486 e. The van der Waals surface area contributed by atoms with Gasteiger partial charge in [0.15, 0.2) is 16.6 Å². The third-order valence-corrected chi connectivity index (χ3v) is 5.34. The van der Waals surface area contributed by atoms with Gasteiger partial charge in [-0.25, -0.2) is 4.98 Å². The number of anilines is 1. The molecule has 3 aromatic rings. The first kappa shape index (κ1) is 17.5. The lowest BCUT2D eigenvalue weighted by Gasteiger charge is -2.18. The number of hydrogen-bond donors (Lipinski definition) is 1. The summed E-state index contributed by atoms with van der Waals surface area (Å²) in [6.45, 7) is 4.99. The van der Waals surface area contributed by atoms with E-state index in [2.05, 4.69) is 15.4 Å². The molecule has 140 valence electrons. The van der Waals surface area contributed by atoms with Crippen molar-refractivity contribution in [3.63, 3.8) is 0 Å². The van der Waals surface area contributed by atoms with Crippen molar-refractivity contribution < 1.29 is 14.3 Å². The predicted molar refractivity (Wildman–Crippen MR) is 104 cm³/mol. The first-order valence-electron chi connectivity index (χ1n) is 8.66. The van der Waals surface area contributed by atoms with E-state index >= 15 is 0 Å². The number of nitrogens with one attached hydrogen (secondary N) is 1. The molecule has 1 aliphatic rings. The van der Waals surface area contributed by atoms with Gasteiger partial charge in [-0.05, 0) is 32.0 Å². The number of thiazole rings is 1. The van der Waals surface area contributed by atoms with Crippen LogP contribution in [0.4, 0.5) is 5.13 Å². The van der Waals surface area contributed by atoms with Crippen molar-refractivity contribution in [2.75, 3.05) is 18.5 Å². The molecule has 1 aliphatic heterocycles. The smallest absolute Gasteiger partial charge is 0.230 e. The van der Waals surface area contributed by atoms with Crippen LogP contribution in [0, 0.1) is 13.8 Å². The summed E-state index contributed by atoms with van der Waals surface area (Å²) in [6.07, 6.45) is 0.282. The fourth-order valence-corrected chi connectivity index (χ4v) is 3.80. The molecule has 27 heavy (non-hydrogen) atoms. The second kappa shape index (κ2) is 7.03. The molecule has 0 unspecified atom stereocenters. The first-order valence-corrected chi connectivity index (χ1v) is 9.53. The molecule has 2 aromatic heterocycles. The Bertz CT molecular complexity index is 1010. The summed E-state index contributed by atoms with van der Waals surface area (Å²) in [5, 5.41) is 9.72. The van der Waals surface area contributed by atoms with Crippen molar-refractivity contribution in [2.45, 2.75) is 20.3 Å². The van der Waals surface area contributed by atoms with Gasteiger partial charge >= 0.3 is 0 Å². The highest BCUT2D eigenvalue weighted by Crippen LogP contribution is 2.35. The number of hydrogen-bond acceptors (Lipinski definition) is 6. The summed E-state index contributed by atoms with van der Waals surface area (Å²) >= 11 is 1.40. The van der Waals surface area contributed by atoms with E-state index in [4.69, 9.17) is 9.47 Å². The molecule has 0 bridgehead atoms. The minimum atomic E-state index is -0.0997. The Morgan fingerprint density at radius 3 is 2.78 bits per heavy atom. The number of carbonyl (C=O) groups is 1. The predicted octanol–water partition coefficient (Wildman–Crippen LogP) is 3.11. The molecule has 7 nitrogen and oxygen atoms in total. The van der Waals surface area contributed by atoms with Crippen molar-refractivity contribution in [2.24, 2.45) is 7.05 Å². The number of amides is 1. The molecule has 1 amide bonds. The molecule has 1 aromatic carbocycles. The van der Waals surface area contributed by atoms with Gasteiger partial charge in [0.25, 0.3) is 0 Å². The molecular formula is C19H20N4O3S. The first-order chi connectivity index (χ1) is 13.0. The Balaban J connectivity index is 1.47. The van der Waals surface area contributed by atoms with Gasteiger partial charge in [-0.15, -0.1) is 11.3 Å². The van der Waals surface area contributed by atoms with Crippen LogP contribution in [-0.2, 0) is 18.3 Å². The quantitative estimate of drug-likeness (QED) is 0.748. The van der Waals surface area contributed by atoms with E-state index in [0.29, 0.717) is 18.3 Å². The van der Waals surface area contributed by atoms with Gasteiger partial charge in [-0.2, -0.15) is 5.10 Å². The zero-order chi connectivity index (χ0) is 19.0. The van der Waals surface area contributed by atoms with Crippen molar-refractivity contribution in [3.05, 3.63) is 40.5 Å². The average Bonchev–Trinajstić information content (AvgIpc) is 3.21. The van der Waals surface area contributed by atoms with E-state index in [1.54, 1.807) is 4.68 Å². The van der Waals surface area contributed by atoms with Gasteiger partial charge in [0.2, 0.25) is 5.91 Å². The highest BCUT2D eigenvalue weighted by molar-refractivity contribution is 7.14. The van der Waals surface area contributed by atoms with Crippen molar-refractivity contribution >= 4 is 22.4 Å². The van der Waals surface area contributed by atoms with E-state index in [9.17, 15) is 4.79 Å². The maximum atomic E-state index is 12.4. The van der Waals surface area contributed by atoms with Crippen LogP contribution < -0.4 is 14.8 Å². The molecule has 3 heterocycles. The lowest BCUT2D eigenvalue weighted by Crippen LogP contribution is -2.15. The fraction of sp³-hybridized carbons (Fsp3) is 0.316. The Kier molecular flexibility index (Phi) is 4.57. The standard InChI is InChI=1S/C19H20N4O3S/c1-11-14(12(2)23(3)22-11)9-18(24)21-19-20-15(10-27-19)13-4-5-16-17(8-13)26-7-6-25-16/h4-5,8,10H,6-7,9H2,1-3H3,(H,20,21,24). The van der Waals surface area contributed by atoms with E-state index in [-0.39, 0.29) is 12.3 Å². The number of benzene rings is 1. The third kappa shape index (κ3) is 3.52. The summed E-state index contributed by atoms with van der Waals surface area (Å²) in [5.74, 6) is 1.37. The number of carbonyl (C=O) groups excluding carboxylic acids is 1. The molecular weight excluding hydrogens is 364 g/mol. The number of ether oxygens (including phenoxy) is 2. The van der Waals surface area contributed by atoms with E-state index in [1.165, 1.54) is 11.3 Å². The molecule has 8 heteroatoms. The van der Waals surface area contributed by atoms with Crippen molar-refractivity contribution in [1.82, 2.24) is 14.8 Å². The van der Waals surface area contributed by atoms with Crippen LogP contribution in [0.3, 0.4) is 0 Å². The molecule has 1 N–H and O–H groups in total. The van der Waals surface area contributed by atoms with Crippen molar-refractivity contribution in [3.8, 4) is 22.8 Å². The number of aromatic nitrogens is 3. The molecule has 0 fully saturated rings. The topological polar surface area (TPSA) is 78.3 Å². The van der Waals surface area contributed by atoms with Crippen LogP contribution in [0.15, 0.2) is 23.6 Å². The van der Waals surface area contributed by atoms with Crippen LogP contribution in [0.25, 0.3) is 11.3 Å². The fourth-order valence-electron chi connectivity index (χ4n) is 3.06. The van der Waals surface area contributed by atoms with Gasteiger partial charge in [0.1, 0.15) is 13.2 Å². The molecule has 0 saturated heterocycles. The van der Waals surface area contributed by atoms with Gasteiger partial charge < -0.3 is 14.8 Å². The SMILES string of the molecule is Cc1nn(C)c(C)c1CC(=O)Nc1nc(-c2ccc3c(c2)OCCO3)cs1. The summed E-state index contributed by atoms with van der Waals surface area (Å²) in [7, 11) is 1.88. The molecule has 0 spiro atoms. The summed E-state index contributed by atoms with van der Waals surface area (Å²) < 4.78 is 13.0. The number of nitrogens with zero attached hydrogens (tertiary/aromatic N) is 3. The number of fused-ring (bicyclic) bond motifs is 1. The normalized spacial score (nSPS) is 12.9. The molecule has 0 atom stereocenters. The third-order valence-electron chi connectivity index (χ3n) is 4.58. The highest BCUT2D eigenvalue weighted by atomic mass is 32.1. The van der Waals surface area contributed by atoms with Crippen LogP contribution in [0.1, 0.15) is 17.0 Å².